The van der Waals surface area contributed by atoms with Gasteiger partial charge in [0.2, 0.25) is 0 Å². The van der Waals surface area contributed by atoms with Gasteiger partial charge in [-0.2, -0.15) is 0 Å². The van der Waals surface area contributed by atoms with Crippen molar-refractivity contribution in [3.8, 4) is 0 Å². The van der Waals surface area contributed by atoms with Gasteiger partial charge >= 0.3 is 0 Å². The number of nitrogens with zero attached hydrogens (tertiary/aromatic N) is 3. The first-order chi connectivity index (χ1) is 9.85. The molecule has 0 unspecified atom stereocenters. The maximum atomic E-state index is 4.34. The van der Waals surface area contributed by atoms with E-state index in [1.807, 2.05) is 12.4 Å². The van der Waals surface area contributed by atoms with Gasteiger partial charge in [0.25, 0.3) is 0 Å². The smallest absolute Gasteiger partial charge is 0.167 e. The van der Waals surface area contributed by atoms with Gasteiger partial charge in [0.05, 0.1) is 0 Å². The number of thioether (sulfide) groups is 1. The highest BCUT2D eigenvalue weighted by Crippen LogP contribution is 2.16. The standard InChI is InChI=1S/C16H21N3S/c1-20-16-17-8-11-19(16)13-15-6-4-14(5-7-15)12-18-9-2-3-10-18/h4-8,11H,2-3,9-10,12-13H2,1H3. The predicted molar refractivity (Wildman–Crippen MR) is 84.1 cm³/mol. The normalized spacial score (nSPS) is 15.8. The summed E-state index contributed by atoms with van der Waals surface area (Å²) in [6.07, 6.45) is 8.70. The minimum absolute atomic E-state index is 0.903. The summed E-state index contributed by atoms with van der Waals surface area (Å²) in [5.74, 6) is 0. The molecule has 0 atom stereocenters. The molecule has 0 spiro atoms. The van der Waals surface area contributed by atoms with Gasteiger partial charge < -0.3 is 4.57 Å². The number of imidazole rings is 1. The Labute approximate surface area is 125 Å². The third-order valence-corrected chi connectivity index (χ3v) is 4.55. The molecule has 1 aromatic heterocycles. The monoisotopic (exact) mass is 287 g/mol. The molecule has 20 heavy (non-hydrogen) atoms. The number of likely N-dealkylation sites (tertiary alicyclic amines) is 1. The highest BCUT2D eigenvalue weighted by molar-refractivity contribution is 7.98. The third-order valence-electron chi connectivity index (χ3n) is 3.84. The second kappa shape index (κ2) is 6.46. The first-order valence-electron chi connectivity index (χ1n) is 7.20. The van der Waals surface area contributed by atoms with Gasteiger partial charge in [-0.25, -0.2) is 4.98 Å². The molecule has 0 bridgehead atoms. The summed E-state index contributed by atoms with van der Waals surface area (Å²) in [5, 5.41) is 1.08. The first kappa shape index (κ1) is 13.7. The van der Waals surface area contributed by atoms with E-state index >= 15 is 0 Å². The quantitative estimate of drug-likeness (QED) is 0.788. The van der Waals surface area contributed by atoms with E-state index < -0.39 is 0 Å². The zero-order valence-corrected chi connectivity index (χ0v) is 12.8. The van der Waals surface area contributed by atoms with Crippen molar-refractivity contribution in [1.82, 2.24) is 14.5 Å². The number of benzene rings is 1. The molecule has 1 fully saturated rings. The maximum Gasteiger partial charge on any atom is 0.167 e. The Kier molecular flexibility index (Phi) is 4.43. The number of rotatable bonds is 5. The molecule has 0 saturated carbocycles. The maximum absolute atomic E-state index is 4.34. The van der Waals surface area contributed by atoms with Crippen LogP contribution in [0.3, 0.4) is 0 Å². The fourth-order valence-corrected chi connectivity index (χ4v) is 3.28. The van der Waals surface area contributed by atoms with E-state index in [0.29, 0.717) is 0 Å². The van der Waals surface area contributed by atoms with Crippen LogP contribution in [0.15, 0.2) is 41.8 Å². The van der Waals surface area contributed by atoms with Crippen LogP contribution in [-0.2, 0) is 13.1 Å². The van der Waals surface area contributed by atoms with Gasteiger partial charge in [0.1, 0.15) is 0 Å². The number of hydrogen-bond acceptors (Lipinski definition) is 3. The molecule has 3 rings (SSSR count). The lowest BCUT2D eigenvalue weighted by molar-refractivity contribution is 0.331. The van der Waals surface area contributed by atoms with Crippen LogP contribution >= 0.6 is 11.8 Å². The Bertz CT molecular complexity index is 541. The van der Waals surface area contributed by atoms with Crippen molar-refractivity contribution in [3.63, 3.8) is 0 Å². The molecule has 0 N–H and O–H groups in total. The first-order valence-corrected chi connectivity index (χ1v) is 8.43. The lowest BCUT2D eigenvalue weighted by atomic mass is 10.1. The molecule has 2 aromatic rings. The average Bonchev–Trinajstić information content (AvgIpc) is 3.12. The van der Waals surface area contributed by atoms with Crippen molar-refractivity contribution in [2.24, 2.45) is 0 Å². The minimum atomic E-state index is 0.903. The molecular formula is C16H21N3S. The summed E-state index contributed by atoms with van der Waals surface area (Å²) in [4.78, 5) is 6.87. The van der Waals surface area contributed by atoms with Crippen LogP contribution in [0.4, 0.5) is 0 Å². The van der Waals surface area contributed by atoms with Crippen LogP contribution in [0.1, 0.15) is 24.0 Å². The van der Waals surface area contributed by atoms with Crippen LogP contribution in [0.25, 0.3) is 0 Å². The Morgan fingerprint density at radius 1 is 1.05 bits per heavy atom. The van der Waals surface area contributed by atoms with Gasteiger partial charge in [-0.05, 0) is 43.3 Å². The highest BCUT2D eigenvalue weighted by atomic mass is 32.2. The second-order valence-electron chi connectivity index (χ2n) is 5.34. The van der Waals surface area contributed by atoms with E-state index in [2.05, 4.69) is 45.0 Å². The van der Waals surface area contributed by atoms with Gasteiger partial charge in [-0.1, -0.05) is 36.0 Å². The van der Waals surface area contributed by atoms with Crippen LogP contribution < -0.4 is 0 Å². The Balaban J connectivity index is 1.63. The molecule has 1 saturated heterocycles. The van der Waals surface area contributed by atoms with Gasteiger partial charge in [0.15, 0.2) is 5.16 Å². The molecule has 0 radical (unpaired) electrons. The van der Waals surface area contributed by atoms with Crippen molar-refractivity contribution >= 4 is 11.8 Å². The molecule has 3 nitrogen and oxygen atoms in total. The molecule has 0 aliphatic carbocycles. The molecule has 0 amide bonds. The lowest BCUT2D eigenvalue weighted by Crippen LogP contribution is -2.18. The molecule has 4 heteroatoms. The van der Waals surface area contributed by atoms with E-state index in [-0.39, 0.29) is 0 Å². The zero-order valence-electron chi connectivity index (χ0n) is 12.0. The molecule has 106 valence electrons. The molecule has 1 aromatic carbocycles. The van der Waals surface area contributed by atoms with E-state index in [9.17, 15) is 0 Å². The fourth-order valence-electron chi connectivity index (χ4n) is 2.75. The topological polar surface area (TPSA) is 21.1 Å². The summed E-state index contributed by atoms with van der Waals surface area (Å²) < 4.78 is 2.19. The Hall–Kier alpha value is -1.26. The Morgan fingerprint density at radius 2 is 1.70 bits per heavy atom. The van der Waals surface area contributed by atoms with Crippen molar-refractivity contribution < 1.29 is 0 Å². The summed E-state index contributed by atoms with van der Waals surface area (Å²) in [5.41, 5.74) is 2.76. The zero-order chi connectivity index (χ0) is 13.8. The summed E-state index contributed by atoms with van der Waals surface area (Å²) in [6, 6.07) is 9.03. The SMILES string of the molecule is CSc1nccn1Cc1ccc(CN2CCCC2)cc1. The molecule has 1 aliphatic heterocycles. The van der Waals surface area contributed by atoms with E-state index in [0.717, 1.165) is 18.2 Å². The van der Waals surface area contributed by atoms with Crippen molar-refractivity contribution in [1.29, 1.82) is 0 Å². The van der Waals surface area contributed by atoms with E-state index in [1.165, 1.54) is 37.1 Å². The summed E-state index contributed by atoms with van der Waals surface area (Å²) >= 11 is 1.69. The number of aromatic nitrogens is 2. The van der Waals surface area contributed by atoms with Crippen molar-refractivity contribution in [2.45, 2.75) is 31.1 Å². The summed E-state index contributed by atoms with van der Waals surface area (Å²) in [6.45, 7) is 4.52. The average molecular weight is 287 g/mol. The number of hydrogen-bond donors (Lipinski definition) is 0. The van der Waals surface area contributed by atoms with Crippen molar-refractivity contribution in [3.05, 3.63) is 47.8 Å². The van der Waals surface area contributed by atoms with Crippen LogP contribution in [0, 0.1) is 0 Å². The van der Waals surface area contributed by atoms with Gasteiger partial charge in [-0.15, -0.1) is 0 Å². The van der Waals surface area contributed by atoms with Crippen LogP contribution in [0.5, 0.6) is 0 Å². The third kappa shape index (κ3) is 3.25. The van der Waals surface area contributed by atoms with Crippen LogP contribution in [0.2, 0.25) is 0 Å². The van der Waals surface area contributed by atoms with Gasteiger partial charge in [-0.3, -0.25) is 4.90 Å². The summed E-state index contributed by atoms with van der Waals surface area (Å²) in [7, 11) is 0. The van der Waals surface area contributed by atoms with E-state index in [4.69, 9.17) is 0 Å². The predicted octanol–water partition coefficient (Wildman–Crippen LogP) is 3.25. The minimum Gasteiger partial charge on any atom is -0.322 e. The fraction of sp³-hybridized carbons (Fsp3) is 0.438. The highest BCUT2D eigenvalue weighted by Gasteiger charge is 2.11. The van der Waals surface area contributed by atoms with E-state index in [1.54, 1.807) is 11.8 Å². The lowest BCUT2D eigenvalue weighted by Gasteiger charge is -2.14. The molecular weight excluding hydrogens is 266 g/mol. The second-order valence-corrected chi connectivity index (χ2v) is 6.11. The molecule has 2 heterocycles. The van der Waals surface area contributed by atoms with Gasteiger partial charge in [0, 0.05) is 25.5 Å². The molecule has 1 aliphatic rings. The Morgan fingerprint density at radius 3 is 2.35 bits per heavy atom. The van der Waals surface area contributed by atoms with Crippen LogP contribution in [-0.4, -0.2) is 33.8 Å². The largest absolute Gasteiger partial charge is 0.322 e. The van der Waals surface area contributed by atoms with Crippen molar-refractivity contribution in [2.75, 3.05) is 19.3 Å².